The molecule has 0 unspecified atom stereocenters. The number of hydrogen-bond donors (Lipinski definition) is 0. The molecule has 0 radical (unpaired) electrons. The summed E-state index contributed by atoms with van der Waals surface area (Å²) < 4.78 is 16.8. The highest BCUT2D eigenvalue weighted by molar-refractivity contribution is 6.03. The van der Waals surface area contributed by atoms with E-state index in [1.807, 2.05) is 31.2 Å². The fraction of sp³-hybridized carbons (Fsp3) is 0.438. The second-order valence-electron chi connectivity index (χ2n) is 5.02. The molecule has 1 aliphatic rings. The van der Waals surface area contributed by atoms with Crippen LogP contribution in [0.2, 0.25) is 0 Å². The maximum absolute atomic E-state index is 12.8. The molecule has 0 bridgehead atoms. The lowest BCUT2D eigenvalue weighted by atomic mass is 9.88. The van der Waals surface area contributed by atoms with Crippen LogP contribution in [0.1, 0.15) is 30.3 Å². The van der Waals surface area contributed by atoms with Crippen LogP contribution in [0.5, 0.6) is 0 Å². The van der Waals surface area contributed by atoms with Crippen LogP contribution in [0.3, 0.4) is 0 Å². The van der Waals surface area contributed by atoms with Crippen molar-refractivity contribution in [2.24, 2.45) is 0 Å². The van der Waals surface area contributed by atoms with Gasteiger partial charge in [-0.3, -0.25) is 4.79 Å². The zero-order valence-corrected chi connectivity index (χ0v) is 11.6. The first kappa shape index (κ1) is 13.3. The topological polar surface area (TPSA) is 48.7 Å². The second-order valence-corrected chi connectivity index (χ2v) is 5.02. The summed E-state index contributed by atoms with van der Waals surface area (Å²) in [6, 6.07) is 9.43. The number of carbonyl (C=O) groups excluding carboxylic acids is 1. The minimum absolute atomic E-state index is 0.0705. The Kier molecular flexibility index (Phi) is 3.59. The van der Waals surface area contributed by atoms with Crippen molar-refractivity contribution in [3.05, 3.63) is 36.1 Å². The lowest BCUT2D eigenvalue weighted by Gasteiger charge is -2.34. The fourth-order valence-corrected chi connectivity index (χ4v) is 2.73. The van der Waals surface area contributed by atoms with Crippen LogP contribution in [0, 0.1) is 0 Å². The van der Waals surface area contributed by atoms with Gasteiger partial charge in [0.1, 0.15) is 11.2 Å². The van der Waals surface area contributed by atoms with Crippen molar-refractivity contribution < 1.29 is 18.7 Å². The van der Waals surface area contributed by atoms with Crippen LogP contribution in [0.25, 0.3) is 11.0 Å². The number of furan rings is 1. The molecule has 106 valence electrons. The predicted molar refractivity (Wildman–Crippen MR) is 75.0 cm³/mol. The minimum Gasteiger partial charge on any atom is -0.453 e. The average Bonchev–Trinajstić information content (AvgIpc) is 2.91. The van der Waals surface area contributed by atoms with Crippen molar-refractivity contribution in [3.63, 3.8) is 0 Å². The smallest absolute Gasteiger partial charge is 0.229 e. The summed E-state index contributed by atoms with van der Waals surface area (Å²) in [5.41, 5.74) is -0.0597. The second kappa shape index (κ2) is 5.38. The molecule has 2 heterocycles. The number of rotatable bonds is 4. The molecule has 0 spiro atoms. The average molecular weight is 274 g/mol. The van der Waals surface area contributed by atoms with Crippen molar-refractivity contribution in [2.45, 2.75) is 25.4 Å². The molecule has 1 saturated heterocycles. The molecule has 1 aromatic carbocycles. The van der Waals surface area contributed by atoms with Gasteiger partial charge in [0, 0.05) is 38.0 Å². The molecular formula is C16H18O4. The first-order chi connectivity index (χ1) is 9.75. The molecule has 1 aromatic heterocycles. The zero-order valence-electron chi connectivity index (χ0n) is 11.6. The van der Waals surface area contributed by atoms with Gasteiger partial charge in [-0.05, 0) is 19.1 Å². The van der Waals surface area contributed by atoms with E-state index in [-0.39, 0.29) is 5.78 Å². The van der Waals surface area contributed by atoms with Gasteiger partial charge in [-0.25, -0.2) is 0 Å². The molecule has 4 heteroatoms. The van der Waals surface area contributed by atoms with Gasteiger partial charge in [-0.2, -0.15) is 0 Å². The molecule has 20 heavy (non-hydrogen) atoms. The van der Waals surface area contributed by atoms with Crippen LogP contribution >= 0.6 is 0 Å². The van der Waals surface area contributed by atoms with Gasteiger partial charge in [0.25, 0.3) is 0 Å². The Labute approximate surface area is 117 Å². The maximum atomic E-state index is 12.8. The lowest BCUT2D eigenvalue weighted by molar-refractivity contribution is -0.0831. The van der Waals surface area contributed by atoms with Gasteiger partial charge in [0.05, 0.1) is 0 Å². The molecule has 1 aliphatic heterocycles. The standard InChI is InChI=1S/C16H18O4/c1-2-19-16(7-9-18-10-8-16)15(17)14-11-12-5-3-4-6-13(12)20-14/h3-6,11H,2,7-10H2,1H3. The molecular weight excluding hydrogens is 256 g/mol. The molecule has 1 fully saturated rings. The minimum atomic E-state index is -0.791. The number of carbonyl (C=O) groups is 1. The Morgan fingerprint density at radius 3 is 2.75 bits per heavy atom. The molecule has 3 rings (SSSR count). The Hall–Kier alpha value is -1.65. The van der Waals surface area contributed by atoms with Crippen LogP contribution in [-0.2, 0) is 9.47 Å². The van der Waals surface area contributed by atoms with Crippen LogP contribution < -0.4 is 0 Å². The van der Waals surface area contributed by atoms with Gasteiger partial charge in [0.15, 0.2) is 5.76 Å². The Morgan fingerprint density at radius 2 is 2.05 bits per heavy atom. The van der Waals surface area contributed by atoms with Crippen LogP contribution in [0.4, 0.5) is 0 Å². The summed E-state index contributed by atoms with van der Waals surface area (Å²) in [4.78, 5) is 12.8. The third-order valence-electron chi connectivity index (χ3n) is 3.78. The van der Waals surface area contributed by atoms with Gasteiger partial charge < -0.3 is 13.9 Å². The Morgan fingerprint density at radius 1 is 1.30 bits per heavy atom. The van der Waals surface area contributed by atoms with E-state index in [9.17, 15) is 4.79 Å². The van der Waals surface area contributed by atoms with Crippen molar-refractivity contribution >= 4 is 16.8 Å². The number of Topliss-reactive ketones (excluding diaryl/α,β-unsaturated/α-hetero) is 1. The number of hydrogen-bond acceptors (Lipinski definition) is 4. The largest absolute Gasteiger partial charge is 0.453 e. The van der Waals surface area contributed by atoms with Crippen LogP contribution in [-0.4, -0.2) is 31.2 Å². The first-order valence-electron chi connectivity index (χ1n) is 7.00. The SMILES string of the molecule is CCOC1(C(=O)c2cc3ccccc3o2)CCOCC1. The number of para-hydroxylation sites is 1. The van der Waals surface area contributed by atoms with Crippen molar-refractivity contribution in [1.29, 1.82) is 0 Å². The fourth-order valence-electron chi connectivity index (χ4n) is 2.73. The number of ketones is 1. The van der Waals surface area contributed by atoms with E-state index in [2.05, 4.69) is 0 Å². The molecule has 0 N–H and O–H groups in total. The normalized spacial score (nSPS) is 18.2. The van der Waals surface area contributed by atoms with E-state index in [1.165, 1.54) is 0 Å². The highest BCUT2D eigenvalue weighted by Crippen LogP contribution is 2.31. The van der Waals surface area contributed by atoms with E-state index >= 15 is 0 Å². The quantitative estimate of drug-likeness (QED) is 0.803. The molecule has 2 aromatic rings. The van der Waals surface area contributed by atoms with E-state index in [4.69, 9.17) is 13.9 Å². The molecule has 0 aliphatic carbocycles. The van der Waals surface area contributed by atoms with E-state index in [1.54, 1.807) is 6.07 Å². The van der Waals surface area contributed by atoms with E-state index < -0.39 is 5.60 Å². The van der Waals surface area contributed by atoms with Crippen molar-refractivity contribution in [2.75, 3.05) is 19.8 Å². The summed E-state index contributed by atoms with van der Waals surface area (Å²) in [5.74, 6) is 0.306. The molecule has 0 atom stereocenters. The summed E-state index contributed by atoms with van der Waals surface area (Å²) in [6.07, 6.45) is 1.16. The maximum Gasteiger partial charge on any atom is 0.229 e. The summed E-state index contributed by atoms with van der Waals surface area (Å²) >= 11 is 0. The lowest BCUT2D eigenvalue weighted by Crippen LogP contribution is -2.46. The highest BCUT2D eigenvalue weighted by Gasteiger charge is 2.42. The third kappa shape index (κ3) is 2.25. The molecule has 0 amide bonds. The molecule has 0 saturated carbocycles. The Balaban J connectivity index is 1.96. The van der Waals surface area contributed by atoms with Crippen molar-refractivity contribution in [1.82, 2.24) is 0 Å². The van der Waals surface area contributed by atoms with Crippen molar-refractivity contribution in [3.8, 4) is 0 Å². The Bertz CT molecular complexity index is 569. The number of ether oxygens (including phenoxy) is 2. The zero-order chi connectivity index (χ0) is 14.0. The summed E-state index contributed by atoms with van der Waals surface area (Å²) in [5, 5.41) is 0.939. The highest BCUT2D eigenvalue weighted by atomic mass is 16.5. The van der Waals surface area contributed by atoms with Gasteiger partial charge >= 0.3 is 0 Å². The number of benzene rings is 1. The third-order valence-corrected chi connectivity index (χ3v) is 3.78. The van der Waals surface area contributed by atoms with Gasteiger partial charge in [0.2, 0.25) is 5.78 Å². The predicted octanol–water partition coefficient (Wildman–Crippen LogP) is 3.20. The molecule has 4 nitrogen and oxygen atoms in total. The van der Waals surface area contributed by atoms with Gasteiger partial charge in [-0.1, -0.05) is 18.2 Å². The van der Waals surface area contributed by atoms with Crippen LogP contribution in [0.15, 0.2) is 34.7 Å². The van der Waals surface area contributed by atoms with Gasteiger partial charge in [-0.15, -0.1) is 0 Å². The first-order valence-corrected chi connectivity index (χ1v) is 7.00. The van der Waals surface area contributed by atoms with E-state index in [0.717, 1.165) is 11.0 Å². The monoisotopic (exact) mass is 274 g/mol. The number of fused-ring (bicyclic) bond motifs is 1. The van der Waals surface area contributed by atoms with E-state index in [0.29, 0.717) is 38.4 Å². The summed E-state index contributed by atoms with van der Waals surface area (Å²) in [6.45, 7) is 3.51. The summed E-state index contributed by atoms with van der Waals surface area (Å²) in [7, 11) is 0.